The summed E-state index contributed by atoms with van der Waals surface area (Å²) in [5.41, 5.74) is 4.29. The summed E-state index contributed by atoms with van der Waals surface area (Å²) in [7, 11) is 0. The Morgan fingerprint density at radius 1 is 0.812 bits per heavy atom. The minimum absolute atomic E-state index is 0. The van der Waals surface area contributed by atoms with E-state index in [-0.39, 0.29) is 7.43 Å². The molecule has 2 aromatic carbocycles. The number of rotatable bonds is 1. The van der Waals surface area contributed by atoms with Gasteiger partial charge in [-0.1, -0.05) is 49.4 Å². The van der Waals surface area contributed by atoms with Crippen molar-refractivity contribution in [2.45, 2.75) is 14.4 Å². The molecule has 0 aliphatic heterocycles. The van der Waals surface area contributed by atoms with E-state index in [1.165, 1.54) is 11.1 Å². The van der Waals surface area contributed by atoms with Gasteiger partial charge in [-0.3, -0.25) is 0 Å². The summed E-state index contributed by atoms with van der Waals surface area (Å²) in [6.07, 6.45) is 0. The normalized spacial score (nSPS) is 9.00. The second-order valence-corrected chi connectivity index (χ2v) is 3.56. The SMILES string of the molecule is C.Cc1ccc(-c2ccc(C#N)cc2)cc1. The Morgan fingerprint density at radius 2 is 1.25 bits per heavy atom. The molecule has 2 aromatic rings. The van der Waals surface area contributed by atoms with E-state index in [0.717, 1.165) is 5.56 Å². The Hall–Kier alpha value is -2.07. The molecular formula is C15H15N. The van der Waals surface area contributed by atoms with Gasteiger partial charge in [0.2, 0.25) is 0 Å². The summed E-state index contributed by atoms with van der Waals surface area (Å²) in [5, 5.41) is 8.69. The van der Waals surface area contributed by atoms with Gasteiger partial charge in [-0.25, -0.2) is 0 Å². The van der Waals surface area contributed by atoms with Gasteiger partial charge in [0.05, 0.1) is 11.6 Å². The van der Waals surface area contributed by atoms with Gasteiger partial charge in [-0.05, 0) is 30.2 Å². The van der Waals surface area contributed by atoms with Crippen molar-refractivity contribution in [1.29, 1.82) is 5.26 Å². The zero-order valence-electron chi connectivity index (χ0n) is 8.57. The molecule has 80 valence electrons. The molecule has 0 aliphatic rings. The van der Waals surface area contributed by atoms with Crippen LogP contribution in [0.25, 0.3) is 11.1 Å². The first-order valence-corrected chi connectivity index (χ1v) is 4.87. The lowest BCUT2D eigenvalue weighted by molar-refractivity contribution is 1.46. The standard InChI is InChI=1S/C14H11N.CH4/c1-11-2-6-13(7-3-11)14-8-4-12(10-15)5-9-14;/h2-9H,1H3;1H4. The first kappa shape index (κ1) is 12.0. The minimum Gasteiger partial charge on any atom is -0.192 e. The lowest BCUT2D eigenvalue weighted by Crippen LogP contribution is -1.79. The van der Waals surface area contributed by atoms with E-state index in [4.69, 9.17) is 5.26 Å². The molecule has 16 heavy (non-hydrogen) atoms. The molecule has 0 saturated carbocycles. The minimum atomic E-state index is 0. The van der Waals surface area contributed by atoms with Crippen molar-refractivity contribution in [2.75, 3.05) is 0 Å². The number of aryl methyl sites for hydroxylation is 1. The molecule has 0 unspecified atom stereocenters. The molecule has 0 radical (unpaired) electrons. The molecular weight excluding hydrogens is 194 g/mol. The third kappa shape index (κ3) is 2.49. The molecule has 1 nitrogen and oxygen atoms in total. The van der Waals surface area contributed by atoms with Crippen LogP contribution in [0.3, 0.4) is 0 Å². The number of hydrogen-bond acceptors (Lipinski definition) is 1. The third-order valence-electron chi connectivity index (χ3n) is 2.40. The number of benzene rings is 2. The average molecular weight is 209 g/mol. The number of nitriles is 1. The van der Waals surface area contributed by atoms with E-state index in [0.29, 0.717) is 5.56 Å². The van der Waals surface area contributed by atoms with Crippen molar-refractivity contribution in [3.8, 4) is 17.2 Å². The topological polar surface area (TPSA) is 23.8 Å². The molecule has 0 spiro atoms. The van der Waals surface area contributed by atoms with Crippen LogP contribution in [0, 0.1) is 18.3 Å². The molecule has 0 amide bonds. The third-order valence-corrected chi connectivity index (χ3v) is 2.40. The van der Waals surface area contributed by atoms with E-state index in [1.807, 2.05) is 24.3 Å². The number of hydrogen-bond donors (Lipinski definition) is 0. The van der Waals surface area contributed by atoms with Gasteiger partial charge in [0.25, 0.3) is 0 Å². The van der Waals surface area contributed by atoms with Crippen LogP contribution in [0.5, 0.6) is 0 Å². The zero-order chi connectivity index (χ0) is 10.7. The van der Waals surface area contributed by atoms with E-state index < -0.39 is 0 Å². The van der Waals surface area contributed by atoms with Crippen molar-refractivity contribution in [2.24, 2.45) is 0 Å². The molecule has 0 fully saturated rings. The van der Waals surface area contributed by atoms with Gasteiger partial charge in [0.15, 0.2) is 0 Å². The first-order chi connectivity index (χ1) is 7.29. The average Bonchev–Trinajstić information content (AvgIpc) is 2.30. The van der Waals surface area contributed by atoms with Crippen molar-refractivity contribution >= 4 is 0 Å². The smallest absolute Gasteiger partial charge is 0.0991 e. The van der Waals surface area contributed by atoms with Gasteiger partial charge in [0.1, 0.15) is 0 Å². The quantitative estimate of drug-likeness (QED) is 0.691. The summed E-state index contributed by atoms with van der Waals surface area (Å²) < 4.78 is 0. The zero-order valence-corrected chi connectivity index (χ0v) is 8.57. The fourth-order valence-electron chi connectivity index (χ4n) is 1.48. The van der Waals surface area contributed by atoms with Crippen LogP contribution in [0.4, 0.5) is 0 Å². The maximum absolute atomic E-state index is 8.69. The molecule has 0 heterocycles. The van der Waals surface area contributed by atoms with Crippen molar-refractivity contribution in [3.05, 3.63) is 59.7 Å². The van der Waals surface area contributed by atoms with Gasteiger partial charge in [-0.15, -0.1) is 0 Å². The predicted molar refractivity (Wildman–Crippen MR) is 68.1 cm³/mol. The number of nitrogens with zero attached hydrogens (tertiary/aromatic N) is 1. The maximum atomic E-state index is 8.69. The second kappa shape index (κ2) is 5.14. The Morgan fingerprint density at radius 3 is 1.69 bits per heavy atom. The fraction of sp³-hybridized carbons (Fsp3) is 0.133. The Bertz CT molecular complexity index is 486. The highest BCUT2D eigenvalue weighted by Crippen LogP contribution is 2.19. The lowest BCUT2D eigenvalue weighted by atomic mass is 10.0. The van der Waals surface area contributed by atoms with Gasteiger partial charge in [-0.2, -0.15) is 5.26 Å². The van der Waals surface area contributed by atoms with Crippen LogP contribution >= 0.6 is 0 Å². The lowest BCUT2D eigenvalue weighted by Gasteiger charge is -2.01. The molecule has 0 N–H and O–H groups in total. The highest BCUT2D eigenvalue weighted by Gasteiger charge is 1.96. The molecule has 0 atom stereocenters. The predicted octanol–water partition coefficient (Wildman–Crippen LogP) is 4.17. The van der Waals surface area contributed by atoms with Crippen LogP contribution in [-0.4, -0.2) is 0 Å². The van der Waals surface area contributed by atoms with E-state index in [9.17, 15) is 0 Å². The van der Waals surface area contributed by atoms with Gasteiger partial charge >= 0.3 is 0 Å². The monoisotopic (exact) mass is 209 g/mol. The van der Waals surface area contributed by atoms with Crippen LogP contribution in [0.1, 0.15) is 18.6 Å². The fourth-order valence-corrected chi connectivity index (χ4v) is 1.48. The van der Waals surface area contributed by atoms with Crippen molar-refractivity contribution in [3.63, 3.8) is 0 Å². The summed E-state index contributed by atoms with van der Waals surface area (Å²) in [6, 6.07) is 18.1. The van der Waals surface area contributed by atoms with Gasteiger partial charge in [0, 0.05) is 0 Å². The second-order valence-electron chi connectivity index (χ2n) is 3.56. The molecule has 0 aromatic heterocycles. The van der Waals surface area contributed by atoms with Gasteiger partial charge < -0.3 is 0 Å². The molecule has 0 bridgehead atoms. The summed E-state index contributed by atoms with van der Waals surface area (Å²) in [4.78, 5) is 0. The van der Waals surface area contributed by atoms with E-state index in [2.05, 4.69) is 37.3 Å². The first-order valence-electron chi connectivity index (χ1n) is 4.87. The molecule has 1 heteroatoms. The Kier molecular flexibility index (Phi) is 3.85. The summed E-state index contributed by atoms with van der Waals surface area (Å²) in [5.74, 6) is 0. The highest BCUT2D eigenvalue weighted by atomic mass is 14.2. The molecule has 0 saturated heterocycles. The maximum Gasteiger partial charge on any atom is 0.0991 e. The van der Waals surface area contributed by atoms with Crippen molar-refractivity contribution in [1.82, 2.24) is 0 Å². The van der Waals surface area contributed by atoms with E-state index >= 15 is 0 Å². The van der Waals surface area contributed by atoms with Crippen LogP contribution in [0.15, 0.2) is 48.5 Å². The van der Waals surface area contributed by atoms with Crippen LogP contribution in [0.2, 0.25) is 0 Å². The highest BCUT2D eigenvalue weighted by molar-refractivity contribution is 5.64. The van der Waals surface area contributed by atoms with Crippen LogP contribution < -0.4 is 0 Å². The summed E-state index contributed by atoms with van der Waals surface area (Å²) in [6.45, 7) is 2.07. The van der Waals surface area contributed by atoms with Crippen molar-refractivity contribution < 1.29 is 0 Å². The summed E-state index contributed by atoms with van der Waals surface area (Å²) >= 11 is 0. The largest absolute Gasteiger partial charge is 0.192 e. The molecule has 0 aliphatic carbocycles. The Labute approximate surface area is 97.0 Å². The van der Waals surface area contributed by atoms with E-state index in [1.54, 1.807) is 0 Å². The molecule has 2 rings (SSSR count). The Balaban J connectivity index is 0.00000128. The van der Waals surface area contributed by atoms with Crippen LogP contribution in [-0.2, 0) is 0 Å².